The first kappa shape index (κ1) is 21.0. The average molecular weight is 404 g/mol. The lowest BCUT2D eigenvalue weighted by Crippen LogP contribution is -2.33. The minimum absolute atomic E-state index is 0.215. The highest BCUT2D eigenvalue weighted by Crippen LogP contribution is 2.26. The minimum Gasteiger partial charge on any atom is -0.385 e. The number of methoxy groups -OCH3 is 1. The number of ketones is 1. The van der Waals surface area contributed by atoms with E-state index in [1.165, 1.54) is 22.7 Å². The predicted octanol–water partition coefficient (Wildman–Crippen LogP) is 4.24. The molecule has 0 saturated carbocycles. The van der Waals surface area contributed by atoms with E-state index in [0.717, 1.165) is 16.7 Å². The second-order valence-electron chi connectivity index (χ2n) is 5.53. The highest BCUT2D eigenvalue weighted by atomic mass is 32.1. The normalized spacial score (nSPS) is 11.3. The van der Waals surface area contributed by atoms with E-state index in [1.807, 2.05) is 42.6 Å². The van der Waals surface area contributed by atoms with E-state index < -0.39 is 6.04 Å². The van der Waals surface area contributed by atoms with Crippen molar-refractivity contribution in [2.24, 2.45) is 0 Å². The Bertz CT molecular complexity index is 851. The molecule has 1 N–H and O–H groups in total. The molecule has 3 aromatic rings. The van der Waals surface area contributed by atoms with Gasteiger partial charge in [-0.25, -0.2) is 0 Å². The van der Waals surface area contributed by atoms with Gasteiger partial charge in [-0.05, 0) is 46.8 Å². The van der Waals surface area contributed by atoms with Crippen LogP contribution in [0.4, 0.5) is 0 Å². The minimum atomic E-state index is -0.788. The van der Waals surface area contributed by atoms with Crippen molar-refractivity contribution in [1.29, 1.82) is 0 Å². The van der Waals surface area contributed by atoms with E-state index in [1.54, 1.807) is 18.6 Å². The maximum atomic E-state index is 12.5. The number of hydrogen-bond donors (Lipinski definition) is 1. The number of rotatable bonds is 7. The third kappa shape index (κ3) is 5.82. The van der Waals surface area contributed by atoms with Gasteiger partial charge < -0.3 is 14.8 Å². The number of carbonyl (C=O) groups is 3. The number of fused-ring (bicyclic) bond motifs is 1. The fourth-order valence-electron chi connectivity index (χ4n) is 2.28. The molecule has 0 bridgehead atoms. The number of aldehydes is 1. The van der Waals surface area contributed by atoms with E-state index in [4.69, 9.17) is 0 Å². The van der Waals surface area contributed by atoms with Crippen LogP contribution in [0.3, 0.4) is 0 Å². The van der Waals surface area contributed by atoms with Crippen molar-refractivity contribution in [3.05, 3.63) is 57.6 Å². The smallest absolute Gasteiger partial charge is 0.262 e. The lowest BCUT2D eigenvalue weighted by molar-refractivity contribution is -0.123. The summed E-state index contributed by atoms with van der Waals surface area (Å²) in [5.41, 5.74) is 0.705. The predicted molar refractivity (Wildman–Crippen MR) is 110 cm³/mol. The third-order valence-corrected chi connectivity index (χ3v) is 5.51. The molecule has 0 radical (unpaired) electrons. The number of amides is 1. The summed E-state index contributed by atoms with van der Waals surface area (Å²) in [4.78, 5) is 35.8. The standard InChI is InChI=1S/C17H13NO3S2.C3H8O/c19-7-5-13(20)16(12-6-8-22-10-12)18-17(21)15-9-11-3-1-2-4-14(11)23-15;1-3-4-2/h1-4,6-10,16H,5H2,(H,18,21);3H2,1-2H3. The molecule has 0 aliphatic carbocycles. The summed E-state index contributed by atoms with van der Waals surface area (Å²) in [5.74, 6) is -0.616. The zero-order valence-electron chi connectivity index (χ0n) is 15.1. The Balaban J connectivity index is 0.000000596. The lowest BCUT2D eigenvalue weighted by Gasteiger charge is -2.15. The molecular formula is C20H21NO4S2. The molecule has 0 spiro atoms. The topological polar surface area (TPSA) is 72.5 Å². The van der Waals surface area contributed by atoms with E-state index in [-0.39, 0.29) is 18.1 Å². The first-order valence-corrected chi connectivity index (χ1v) is 10.1. The zero-order chi connectivity index (χ0) is 19.6. The Morgan fingerprint density at radius 2 is 2.00 bits per heavy atom. The molecule has 5 nitrogen and oxygen atoms in total. The first-order chi connectivity index (χ1) is 13.1. The van der Waals surface area contributed by atoms with Crippen LogP contribution < -0.4 is 5.32 Å². The van der Waals surface area contributed by atoms with Crippen LogP contribution in [0.25, 0.3) is 10.1 Å². The van der Waals surface area contributed by atoms with Gasteiger partial charge in [0.2, 0.25) is 0 Å². The van der Waals surface area contributed by atoms with E-state index >= 15 is 0 Å². The van der Waals surface area contributed by atoms with Gasteiger partial charge in [-0.3, -0.25) is 9.59 Å². The SMILES string of the molecule is CCOC.O=CCC(=O)C(NC(=O)c1cc2ccccc2s1)c1ccsc1. The number of nitrogens with one attached hydrogen (secondary N) is 1. The van der Waals surface area contributed by atoms with Crippen LogP contribution in [-0.2, 0) is 14.3 Å². The van der Waals surface area contributed by atoms with Crippen LogP contribution >= 0.6 is 22.7 Å². The summed E-state index contributed by atoms with van der Waals surface area (Å²) < 4.78 is 5.56. The quantitative estimate of drug-likeness (QED) is 0.473. The Kier molecular flexibility index (Phi) is 8.32. The van der Waals surface area contributed by atoms with Gasteiger partial charge in [0.15, 0.2) is 5.78 Å². The van der Waals surface area contributed by atoms with E-state index in [0.29, 0.717) is 16.7 Å². The van der Waals surface area contributed by atoms with Crippen molar-refractivity contribution in [2.75, 3.05) is 13.7 Å². The number of thiophene rings is 2. The van der Waals surface area contributed by atoms with Gasteiger partial charge in [0.05, 0.1) is 11.3 Å². The van der Waals surface area contributed by atoms with Crippen molar-refractivity contribution in [1.82, 2.24) is 5.32 Å². The van der Waals surface area contributed by atoms with Crippen LogP contribution in [0, 0.1) is 0 Å². The van der Waals surface area contributed by atoms with Crippen LogP contribution in [0.5, 0.6) is 0 Å². The molecule has 7 heteroatoms. The number of carbonyl (C=O) groups excluding carboxylic acids is 3. The molecule has 27 heavy (non-hydrogen) atoms. The van der Waals surface area contributed by atoms with Crippen LogP contribution in [0.15, 0.2) is 47.2 Å². The second kappa shape index (κ2) is 10.7. The van der Waals surface area contributed by atoms with Crippen LogP contribution in [0.1, 0.15) is 34.6 Å². The van der Waals surface area contributed by atoms with E-state index in [9.17, 15) is 14.4 Å². The number of hydrogen-bond acceptors (Lipinski definition) is 6. The third-order valence-electron chi connectivity index (χ3n) is 3.70. The molecule has 0 aliphatic heterocycles. The maximum Gasteiger partial charge on any atom is 0.262 e. The van der Waals surface area contributed by atoms with Gasteiger partial charge in [-0.1, -0.05) is 18.2 Å². The molecule has 3 rings (SSSR count). The molecule has 0 fully saturated rings. The maximum absolute atomic E-state index is 12.5. The molecular weight excluding hydrogens is 382 g/mol. The summed E-state index contributed by atoms with van der Waals surface area (Å²) in [5, 5.41) is 7.38. The summed E-state index contributed by atoms with van der Waals surface area (Å²) in [6.07, 6.45) is 0.348. The van der Waals surface area contributed by atoms with Crippen LogP contribution in [-0.4, -0.2) is 31.7 Å². The molecule has 1 amide bonds. The summed E-state index contributed by atoms with van der Waals surface area (Å²) >= 11 is 2.82. The fraction of sp³-hybridized carbons (Fsp3) is 0.250. The summed E-state index contributed by atoms with van der Waals surface area (Å²) in [6.45, 7) is 2.78. The van der Waals surface area contributed by atoms with Gasteiger partial charge in [0, 0.05) is 18.4 Å². The highest BCUT2D eigenvalue weighted by molar-refractivity contribution is 7.20. The van der Waals surface area contributed by atoms with Gasteiger partial charge in [0.25, 0.3) is 5.91 Å². The Labute approximate surface area is 166 Å². The van der Waals surface area contributed by atoms with Crippen molar-refractivity contribution >= 4 is 50.7 Å². The Morgan fingerprint density at radius 3 is 2.59 bits per heavy atom. The van der Waals surface area contributed by atoms with Crippen molar-refractivity contribution in [2.45, 2.75) is 19.4 Å². The van der Waals surface area contributed by atoms with E-state index in [2.05, 4.69) is 10.1 Å². The molecule has 0 aliphatic rings. The Hall–Kier alpha value is -2.35. The zero-order valence-corrected chi connectivity index (χ0v) is 16.8. The average Bonchev–Trinajstić information content (AvgIpc) is 3.35. The molecule has 1 atom stereocenters. The van der Waals surface area contributed by atoms with Gasteiger partial charge in [0.1, 0.15) is 12.3 Å². The Morgan fingerprint density at radius 1 is 1.26 bits per heavy atom. The molecule has 0 saturated heterocycles. The molecule has 1 aromatic carbocycles. The lowest BCUT2D eigenvalue weighted by atomic mass is 10.0. The van der Waals surface area contributed by atoms with Gasteiger partial charge in [-0.2, -0.15) is 11.3 Å². The monoisotopic (exact) mass is 403 g/mol. The molecule has 142 valence electrons. The number of Topliss-reactive ketones (excluding diaryl/α,β-unsaturated/α-hetero) is 1. The first-order valence-electron chi connectivity index (χ1n) is 8.37. The summed E-state index contributed by atoms with van der Waals surface area (Å²) in [6, 6.07) is 10.5. The largest absolute Gasteiger partial charge is 0.385 e. The molecule has 2 aromatic heterocycles. The van der Waals surface area contributed by atoms with Crippen molar-refractivity contribution < 1.29 is 19.1 Å². The summed E-state index contributed by atoms with van der Waals surface area (Å²) in [7, 11) is 1.68. The second-order valence-corrected chi connectivity index (χ2v) is 7.39. The van der Waals surface area contributed by atoms with Crippen LogP contribution in [0.2, 0.25) is 0 Å². The van der Waals surface area contributed by atoms with Gasteiger partial charge in [-0.15, -0.1) is 11.3 Å². The fourth-order valence-corrected chi connectivity index (χ4v) is 3.94. The molecule has 1 unspecified atom stereocenters. The number of benzene rings is 1. The van der Waals surface area contributed by atoms with Crippen molar-refractivity contribution in [3.63, 3.8) is 0 Å². The molecule has 2 heterocycles. The number of ether oxygens (including phenoxy) is 1. The van der Waals surface area contributed by atoms with Crippen molar-refractivity contribution in [3.8, 4) is 0 Å². The highest BCUT2D eigenvalue weighted by Gasteiger charge is 2.24. The van der Waals surface area contributed by atoms with Gasteiger partial charge >= 0.3 is 0 Å².